The standard InChI is InChI=1S/C13H20ClN3O/c1-4-16-8-11(14)12(15-16)13(18)17-9(2)6-5-7-10(17)3/h8-10H,4-7H2,1-3H3/t9-,10-/m0/s1. The molecule has 0 saturated carbocycles. The number of aryl methyl sites for hydroxylation is 1. The number of carbonyl (C=O) groups is 1. The maximum Gasteiger partial charge on any atom is 0.276 e. The average molecular weight is 270 g/mol. The molecule has 1 aromatic rings. The first-order chi connectivity index (χ1) is 8.54. The maximum atomic E-state index is 12.5. The van der Waals surface area contributed by atoms with Gasteiger partial charge in [-0.1, -0.05) is 11.6 Å². The summed E-state index contributed by atoms with van der Waals surface area (Å²) in [5.41, 5.74) is 0.388. The molecule has 1 aliphatic rings. The monoisotopic (exact) mass is 269 g/mol. The number of nitrogens with zero attached hydrogens (tertiary/aromatic N) is 3. The highest BCUT2D eigenvalue weighted by atomic mass is 35.5. The van der Waals surface area contributed by atoms with Gasteiger partial charge in [0.05, 0.1) is 5.02 Å². The van der Waals surface area contributed by atoms with Crippen LogP contribution in [0.2, 0.25) is 5.02 Å². The van der Waals surface area contributed by atoms with E-state index in [0.29, 0.717) is 10.7 Å². The van der Waals surface area contributed by atoms with Crippen molar-refractivity contribution in [2.45, 2.75) is 58.7 Å². The molecule has 4 nitrogen and oxygen atoms in total. The summed E-state index contributed by atoms with van der Waals surface area (Å²) >= 11 is 6.10. The number of hydrogen-bond donors (Lipinski definition) is 0. The highest BCUT2D eigenvalue weighted by molar-refractivity contribution is 6.33. The summed E-state index contributed by atoms with van der Waals surface area (Å²) in [6, 6.07) is 0.535. The molecule has 1 fully saturated rings. The number of rotatable bonds is 2. The topological polar surface area (TPSA) is 38.1 Å². The molecule has 0 aromatic carbocycles. The highest BCUT2D eigenvalue weighted by Crippen LogP contribution is 2.26. The number of aromatic nitrogens is 2. The molecule has 2 atom stereocenters. The summed E-state index contributed by atoms with van der Waals surface area (Å²) in [6.45, 7) is 6.89. The molecule has 0 bridgehead atoms. The normalized spacial score (nSPS) is 24.3. The second kappa shape index (κ2) is 5.31. The molecule has 0 unspecified atom stereocenters. The number of carbonyl (C=O) groups excluding carboxylic acids is 1. The van der Waals surface area contributed by atoms with E-state index in [0.717, 1.165) is 19.4 Å². The third kappa shape index (κ3) is 2.39. The van der Waals surface area contributed by atoms with Gasteiger partial charge >= 0.3 is 0 Å². The van der Waals surface area contributed by atoms with Gasteiger partial charge in [-0.2, -0.15) is 5.10 Å². The van der Waals surface area contributed by atoms with Gasteiger partial charge in [0.1, 0.15) is 0 Å². The van der Waals surface area contributed by atoms with E-state index in [2.05, 4.69) is 18.9 Å². The lowest BCUT2D eigenvalue weighted by atomic mass is 9.97. The van der Waals surface area contributed by atoms with Gasteiger partial charge in [0.15, 0.2) is 5.69 Å². The quantitative estimate of drug-likeness (QED) is 0.828. The predicted molar refractivity (Wildman–Crippen MR) is 71.9 cm³/mol. The molecule has 100 valence electrons. The van der Waals surface area contributed by atoms with E-state index in [1.807, 2.05) is 11.8 Å². The Morgan fingerprint density at radius 2 is 2.06 bits per heavy atom. The van der Waals surface area contributed by atoms with E-state index in [1.54, 1.807) is 10.9 Å². The van der Waals surface area contributed by atoms with E-state index in [1.165, 1.54) is 6.42 Å². The van der Waals surface area contributed by atoms with Crippen molar-refractivity contribution in [3.63, 3.8) is 0 Å². The summed E-state index contributed by atoms with van der Waals surface area (Å²) in [7, 11) is 0. The molecule has 0 aliphatic carbocycles. The predicted octanol–water partition coefficient (Wildman–Crippen LogP) is 2.96. The van der Waals surface area contributed by atoms with E-state index < -0.39 is 0 Å². The lowest BCUT2D eigenvalue weighted by Crippen LogP contribution is -2.47. The maximum absolute atomic E-state index is 12.5. The molecule has 1 aliphatic heterocycles. The van der Waals surface area contributed by atoms with Crippen molar-refractivity contribution >= 4 is 17.5 Å². The molecule has 0 N–H and O–H groups in total. The first-order valence-electron chi connectivity index (χ1n) is 6.60. The Kier molecular flexibility index (Phi) is 3.95. The van der Waals surface area contributed by atoms with Gasteiger partial charge in [-0.15, -0.1) is 0 Å². The SMILES string of the molecule is CCn1cc(Cl)c(C(=O)N2[C@@H](C)CCC[C@@H]2C)n1. The summed E-state index contributed by atoms with van der Waals surface area (Å²) < 4.78 is 1.70. The van der Waals surface area contributed by atoms with Crippen LogP contribution in [-0.4, -0.2) is 32.7 Å². The largest absolute Gasteiger partial charge is 0.332 e. The van der Waals surface area contributed by atoms with Gasteiger partial charge in [0.25, 0.3) is 5.91 Å². The third-order valence-electron chi connectivity index (χ3n) is 3.67. The molecule has 2 heterocycles. The zero-order valence-electron chi connectivity index (χ0n) is 11.2. The molecular weight excluding hydrogens is 250 g/mol. The molecule has 2 rings (SSSR count). The second-order valence-electron chi connectivity index (χ2n) is 5.02. The number of amides is 1. The van der Waals surface area contributed by atoms with Gasteiger partial charge in [-0.05, 0) is 40.0 Å². The van der Waals surface area contributed by atoms with Crippen LogP contribution in [0.25, 0.3) is 0 Å². The second-order valence-corrected chi connectivity index (χ2v) is 5.43. The van der Waals surface area contributed by atoms with Gasteiger partial charge in [-0.3, -0.25) is 9.48 Å². The summed E-state index contributed by atoms with van der Waals surface area (Å²) in [4.78, 5) is 14.5. The number of halogens is 1. The Morgan fingerprint density at radius 3 is 2.56 bits per heavy atom. The highest BCUT2D eigenvalue weighted by Gasteiger charge is 2.32. The lowest BCUT2D eigenvalue weighted by Gasteiger charge is -2.38. The smallest absolute Gasteiger partial charge is 0.276 e. The van der Waals surface area contributed by atoms with Crippen molar-refractivity contribution in [2.24, 2.45) is 0 Å². The lowest BCUT2D eigenvalue weighted by molar-refractivity contribution is 0.0504. The van der Waals surface area contributed by atoms with Crippen molar-refractivity contribution in [3.8, 4) is 0 Å². The Labute approximate surface area is 113 Å². The van der Waals surface area contributed by atoms with Crippen molar-refractivity contribution in [1.29, 1.82) is 0 Å². The van der Waals surface area contributed by atoms with Gasteiger partial charge < -0.3 is 4.90 Å². The number of hydrogen-bond acceptors (Lipinski definition) is 2. The zero-order valence-corrected chi connectivity index (χ0v) is 11.9. The van der Waals surface area contributed by atoms with Crippen LogP contribution in [0.15, 0.2) is 6.20 Å². The van der Waals surface area contributed by atoms with Crippen LogP contribution < -0.4 is 0 Å². The fourth-order valence-electron chi connectivity index (χ4n) is 2.65. The minimum Gasteiger partial charge on any atom is -0.332 e. The molecule has 1 saturated heterocycles. The fraction of sp³-hybridized carbons (Fsp3) is 0.692. The zero-order chi connectivity index (χ0) is 13.3. The van der Waals surface area contributed by atoms with Crippen LogP contribution >= 0.6 is 11.6 Å². The number of likely N-dealkylation sites (tertiary alicyclic amines) is 1. The van der Waals surface area contributed by atoms with Gasteiger partial charge in [-0.25, -0.2) is 0 Å². The molecular formula is C13H20ClN3O. The van der Waals surface area contributed by atoms with Gasteiger partial charge in [0, 0.05) is 24.8 Å². The van der Waals surface area contributed by atoms with Crippen molar-refractivity contribution in [3.05, 3.63) is 16.9 Å². The first-order valence-corrected chi connectivity index (χ1v) is 6.98. The minimum absolute atomic E-state index is 0.0353. The molecule has 0 spiro atoms. The molecule has 0 radical (unpaired) electrons. The number of piperidine rings is 1. The minimum atomic E-state index is -0.0353. The van der Waals surface area contributed by atoms with E-state index >= 15 is 0 Å². The molecule has 1 aromatic heterocycles. The third-order valence-corrected chi connectivity index (χ3v) is 3.95. The van der Waals surface area contributed by atoms with Crippen LogP contribution in [0.4, 0.5) is 0 Å². The average Bonchev–Trinajstić information content (AvgIpc) is 2.70. The fourth-order valence-corrected chi connectivity index (χ4v) is 2.88. The van der Waals surface area contributed by atoms with Crippen LogP contribution in [0.1, 0.15) is 50.5 Å². The molecule has 5 heteroatoms. The summed E-state index contributed by atoms with van der Waals surface area (Å²) in [6.07, 6.45) is 5.02. The van der Waals surface area contributed by atoms with Crippen LogP contribution in [0, 0.1) is 0 Å². The van der Waals surface area contributed by atoms with Crippen molar-refractivity contribution in [1.82, 2.24) is 14.7 Å². The van der Waals surface area contributed by atoms with Crippen molar-refractivity contribution < 1.29 is 4.79 Å². The Balaban J connectivity index is 2.26. The first kappa shape index (κ1) is 13.4. The Morgan fingerprint density at radius 1 is 1.44 bits per heavy atom. The van der Waals surface area contributed by atoms with Crippen LogP contribution in [-0.2, 0) is 6.54 Å². The van der Waals surface area contributed by atoms with E-state index in [9.17, 15) is 4.79 Å². The van der Waals surface area contributed by atoms with E-state index in [-0.39, 0.29) is 18.0 Å². The molecule has 18 heavy (non-hydrogen) atoms. The Hall–Kier alpha value is -1.03. The van der Waals surface area contributed by atoms with Crippen molar-refractivity contribution in [2.75, 3.05) is 0 Å². The molecule has 1 amide bonds. The summed E-state index contributed by atoms with van der Waals surface area (Å²) in [5, 5.41) is 4.72. The summed E-state index contributed by atoms with van der Waals surface area (Å²) in [5.74, 6) is -0.0353. The van der Waals surface area contributed by atoms with Gasteiger partial charge in [0.2, 0.25) is 0 Å². The van der Waals surface area contributed by atoms with Crippen LogP contribution in [0.3, 0.4) is 0 Å². The van der Waals surface area contributed by atoms with E-state index in [4.69, 9.17) is 11.6 Å². The van der Waals surface area contributed by atoms with Crippen LogP contribution in [0.5, 0.6) is 0 Å². The Bertz CT molecular complexity index is 433.